The highest BCUT2D eigenvalue weighted by Gasteiger charge is 2.44. The summed E-state index contributed by atoms with van der Waals surface area (Å²) in [5.74, 6) is -1.24. The van der Waals surface area contributed by atoms with Crippen LogP contribution in [-0.2, 0) is 23.7 Å². The van der Waals surface area contributed by atoms with E-state index in [0.29, 0.717) is 104 Å². The van der Waals surface area contributed by atoms with Crippen molar-refractivity contribution in [1.29, 1.82) is 0 Å². The van der Waals surface area contributed by atoms with Crippen LogP contribution in [0.5, 0.6) is 0 Å². The van der Waals surface area contributed by atoms with Crippen LogP contribution in [0.3, 0.4) is 0 Å². The van der Waals surface area contributed by atoms with Crippen LogP contribution in [0.2, 0.25) is 0 Å². The fraction of sp³-hybridized carbons (Fsp3) is 0.571. The minimum absolute atomic E-state index is 0.110. The molecular formula is C49H64N6O11S. The number of hydrogen-bond acceptors (Lipinski definition) is 15. The van der Waals surface area contributed by atoms with E-state index in [1.54, 1.807) is 0 Å². The average Bonchev–Trinajstić information content (AvgIpc) is 4.01. The zero-order valence-electron chi connectivity index (χ0n) is 39.4. The third kappa shape index (κ3) is 9.49. The molecule has 8 rings (SSSR count). The van der Waals surface area contributed by atoms with Crippen molar-refractivity contribution in [2.75, 3.05) is 65.5 Å². The number of H-pyrrole nitrogens is 2. The van der Waals surface area contributed by atoms with E-state index in [1.165, 1.54) is 23.8 Å². The first-order valence-corrected chi connectivity index (χ1v) is 24.5. The molecule has 5 aliphatic heterocycles. The number of aliphatic hydroxyl groups excluding tert-OH is 4. The minimum atomic E-state index is -1.43. The van der Waals surface area contributed by atoms with Gasteiger partial charge >= 0.3 is 5.97 Å². The van der Waals surface area contributed by atoms with Gasteiger partial charge in [-0.1, -0.05) is 13.8 Å². The topological polar surface area (TPSA) is 233 Å². The Bertz CT molecular complexity index is 2580. The van der Waals surface area contributed by atoms with Crippen LogP contribution < -0.4 is 0 Å². The molecule has 0 aliphatic carbocycles. The molecule has 2 amide bonds. The van der Waals surface area contributed by atoms with E-state index >= 15 is 4.79 Å². The highest BCUT2D eigenvalue weighted by atomic mass is 32.2. The van der Waals surface area contributed by atoms with Crippen molar-refractivity contribution >= 4 is 62.8 Å². The van der Waals surface area contributed by atoms with Crippen LogP contribution >= 0.6 is 11.8 Å². The van der Waals surface area contributed by atoms with E-state index in [0.717, 1.165) is 44.7 Å². The first kappa shape index (κ1) is 48.9. The molecular weight excluding hydrogens is 881 g/mol. The summed E-state index contributed by atoms with van der Waals surface area (Å²) in [6.45, 7) is 15.3. The summed E-state index contributed by atoms with van der Waals surface area (Å²) < 4.78 is 22.8. The standard InChI is InChI=1S/C49H64N6O11S/c1-8-29-24(2)31-22-36-39(28(6)65-16-9-19-67-49-46(60)45(59)44(58)37(23-56)66-49)26(4)33(51-36)20-32-25(3)30(10-11-38(57)63-7)42(52-32)41-43-40(27(5)34(53-43)21-35(29)50-31)47(61)55(48(41)62)13-12-54-14-17-64-18-15-54/h20-22,25,28,30,37,44-46,49,51,53,56,58-60H,8-19,23H2,1-7H3/t25-,28?,30-,37+,44+,45-,46+,49-/m0/s1. The normalized spacial score (nSPS) is 25.0. The number of rotatable bonds is 15. The van der Waals surface area contributed by atoms with E-state index in [-0.39, 0.29) is 42.8 Å². The van der Waals surface area contributed by atoms with Gasteiger partial charge < -0.3 is 49.3 Å². The second-order valence-corrected chi connectivity index (χ2v) is 19.3. The molecule has 0 aromatic carbocycles. The molecule has 2 saturated heterocycles. The SMILES string of the molecule is CCC1=C(C)c2cc3[nH]c(cc4nc(c5c6[nH]c(cc1n2)c(C)c6C(=O)N(CCN1CCOCC1)C5=O)[C@@H](CCC(=O)OC)[C@@H]4C)c(C)c3C(C)OCCCS[C@@H]1O[C@H](CO)[C@@H](O)[C@H](O)[C@H]1O. The fourth-order valence-corrected chi connectivity index (χ4v) is 11.2. The van der Waals surface area contributed by atoms with Crippen molar-refractivity contribution in [3.05, 3.63) is 68.8 Å². The van der Waals surface area contributed by atoms with Crippen molar-refractivity contribution in [3.8, 4) is 0 Å². The number of amides is 2. The Morgan fingerprint density at radius 2 is 1.66 bits per heavy atom. The number of hydrogen-bond donors (Lipinski definition) is 6. The minimum Gasteiger partial charge on any atom is -0.469 e. The number of nitrogens with zero attached hydrogens (tertiary/aromatic N) is 4. The molecule has 0 saturated carbocycles. The lowest BCUT2D eigenvalue weighted by atomic mass is 9.84. The number of thioether (sulfide) groups is 1. The highest BCUT2D eigenvalue weighted by molar-refractivity contribution is 7.99. The predicted octanol–water partition coefficient (Wildman–Crippen LogP) is 5.04. The van der Waals surface area contributed by atoms with Crippen molar-refractivity contribution < 1.29 is 53.8 Å². The number of aromatic amines is 2. The van der Waals surface area contributed by atoms with Crippen molar-refractivity contribution in [1.82, 2.24) is 29.7 Å². The Balaban J connectivity index is 1.23. The number of nitrogens with one attached hydrogen (secondary N) is 2. The zero-order chi connectivity index (χ0) is 47.8. The first-order valence-electron chi connectivity index (χ1n) is 23.4. The summed E-state index contributed by atoms with van der Waals surface area (Å²) in [7, 11) is 1.36. The number of aryl methyl sites for hydroxylation is 2. The molecule has 6 N–H and O–H groups in total. The Labute approximate surface area is 394 Å². The number of fused-ring (bicyclic) bond motifs is 8. The molecule has 1 unspecified atom stereocenters. The van der Waals surface area contributed by atoms with Crippen LogP contribution in [-0.4, -0.2) is 163 Å². The van der Waals surface area contributed by atoms with Gasteiger partial charge in [0.25, 0.3) is 11.8 Å². The number of imide groups is 1. The van der Waals surface area contributed by atoms with Crippen molar-refractivity contribution in [2.45, 2.75) is 115 Å². The third-order valence-corrected chi connectivity index (χ3v) is 15.4. The monoisotopic (exact) mass is 944 g/mol. The molecule has 0 radical (unpaired) electrons. The lowest BCUT2D eigenvalue weighted by Crippen LogP contribution is -2.57. The predicted molar refractivity (Wildman–Crippen MR) is 253 cm³/mol. The maximum Gasteiger partial charge on any atom is 0.305 e. The number of esters is 1. The molecule has 2 fully saturated rings. The molecule has 8 atom stereocenters. The van der Waals surface area contributed by atoms with E-state index < -0.39 is 42.4 Å². The molecule has 8 heterocycles. The van der Waals surface area contributed by atoms with E-state index in [1.807, 2.05) is 32.9 Å². The summed E-state index contributed by atoms with van der Waals surface area (Å²) >= 11 is 1.29. The summed E-state index contributed by atoms with van der Waals surface area (Å²) in [5, 5.41) is 40.6. The second kappa shape index (κ2) is 20.6. The molecule has 17 nitrogen and oxygen atoms in total. The number of aliphatic hydroxyl groups is 4. The second-order valence-electron chi connectivity index (χ2n) is 18.1. The average molecular weight is 945 g/mol. The van der Waals surface area contributed by atoms with Gasteiger partial charge in [0.05, 0.1) is 66.8 Å². The first-order chi connectivity index (χ1) is 32.2. The maximum absolute atomic E-state index is 15.0. The Morgan fingerprint density at radius 1 is 0.940 bits per heavy atom. The van der Waals surface area contributed by atoms with E-state index in [4.69, 9.17) is 28.9 Å². The van der Waals surface area contributed by atoms with Crippen molar-refractivity contribution in [3.63, 3.8) is 0 Å². The number of allylic oxidation sites excluding steroid dienone is 2. The quantitative estimate of drug-likeness (QED) is 0.0666. The summed E-state index contributed by atoms with van der Waals surface area (Å²) in [6, 6.07) is 6.03. The molecule has 362 valence electrons. The molecule has 0 spiro atoms. The van der Waals surface area contributed by atoms with Gasteiger partial charge in [0.2, 0.25) is 0 Å². The highest BCUT2D eigenvalue weighted by Crippen LogP contribution is 2.45. The Kier molecular flexibility index (Phi) is 15.1. The molecule has 3 aromatic rings. The van der Waals surface area contributed by atoms with Crippen LogP contribution in [0.1, 0.15) is 132 Å². The van der Waals surface area contributed by atoms with E-state index in [9.17, 15) is 30.0 Å². The van der Waals surface area contributed by atoms with Gasteiger partial charge in [-0.15, -0.1) is 11.8 Å². The lowest BCUT2D eigenvalue weighted by Gasteiger charge is -2.39. The largest absolute Gasteiger partial charge is 0.469 e. The summed E-state index contributed by atoms with van der Waals surface area (Å²) in [6.07, 6.45) is -3.74. The number of methoxy groups -OCH3 is 1. The van der Waals surface area contributed by atoms with Crippen LogP contribution in [0.15, 0.2) is 18.2 Å². The fourth-order valence-electron chi connectivity index (χ4n) is 10.1. The molecule has 8 bridgehead atoms. The van der Waals surface area contributed by atoms with Crippen LogP contribution in [0.25, 0.3) is 33.2 Å². The maximum atomic E-state index is 15.0. The molecule has 3 aromatic heterocycles. The van der Waals surface area contributed by atoms with Gasteiger partial charge in [-0.05, 0) is 93.2 Å². The number of ether oxygens (including phenoxy) is 4. The summed E-state index contributed by atoms with van der Waals surface area (Å²) in [5.41, 5.74) is 10.0. The van der Waals surface area contributed by atoms with Gasteiger partial charge in [0.1, 0.15) is 29.9 Å². The van der Waals surface area contributed by atoms with Gasteiger partial charge in [0, 0.05) is 78.9 Å². The Hall–Kier alpha value is -4.50. The number of carbonyl (C=O) groups excluding carboxylic acids is 3. The molecule has 5 aliphatic rings. The van der Waals surface area contributed by atoms with E-state index in [2.05, 4.69) is 41.7 Å². The lowest BCUT2D eigenvalue weighted by molar-refractivity contribution is -0.205. The van der Waals surface area contributed by atoms with Gasteiger partial charge in [-0.3, -0.25) is 29.2 Å². The number of aromatic nitrogens is 4. The van der Waals surface area contributed by atoms with Gasteiger partial charge in [-0.25, -0.2) is 4.98 Å². The van der Waals surface area contributed by atoms with Gasteiger partial charge in [0.15, 0.2) is 0 Å². The zero-order valence-corrected chi connectivity index (χ0v) is 40.2. The molecule has 18 heteroatoms. The van der Waals surface area contributed by atoms with Crippen LogP contribution in [0.4, 0.5) is 0 Å². The van der Waals surface area contributed by atoms with Crippen molar-refractivity contribution in [2.24, 2.45) is 0 Å². The third-order valence-electron chi connectivity index (χ3n) is 14.2. The van der Waals surface area contributed by atoms with Gasteiger partial charge in [-0.2, -0.15) is 0 Å². The number of morpholine rings is 1. The molecule has 67 heavy (non-hydrogen) atoms. The van der Waals surface area contributed by atoms with Crippen LogP contribution in [0, 0.1) is 13.8 Å². The Morgan fingerprint density at radius 3 is 2.37 bits per heavy atom. The smallest absolute Gasteiger partial charge is 0.305 e. The number of carbonyl (C=O) groups is 3. The summed E-state index contributed by atoms with van der Waals surface area (Å²) in [4.78, 5) is 63.6.